The van der Waals surface area contributed by atoms with Crippen molar-refractivity contribution in [1.82, 2.24) is 9.97 Å². The van der Waals surface area contributed by atoms with E-state index in [1.165, 1.54) is 5.56 Å². The van der Waals surface area contributed by atoms with E-state index >= 15 is 0 Å². The Hall–Kier alpha value is -1.94. The smallest absolute Gasteiger partial charge is 0.146 e. The lowest BCUT2D eigenvalue weighted by Crippen LogP contribution is -2.13. The van der Waals surface area contributed by atoms with Crippen LogP contribution in [0.1, 0.15) is 22.6 Å². The van der Waals surface area contributed by atoms with Gasteiger partial charge < -0.3 is 5.43 Å². The van der Waals surface area contributed by atoms with E-state index in [0.717, 1.165) is 23.5 Å². The van der Waals surface area contributed by atoms with E-state index in [2.05, 4.69) is 27.5 Å². The van der Waals surface area contributed by atoms with Gasteiger partial charge in [0, 0.05) is 17.7 Å². The Balaban J connectivity index is 2.31. The molecule has 0 amide bonds. The summed E-state index contributed by atoms with van der Waals surface area (Å²) in [6.45, 7) is 3.92. The van der Waals surface area contributed by atoms with Crippen LogP contribution in [0.25, 0.3) is 0 Å². The molecule has 4 heteroatoms. The van der Waals surface area contributed by atoms with Gasteiger partial charge in [0.1, 0.15) is 11.6 Å². The number of hydrazine groups is 1. The van der Waals surface area contributed by atoms with Crippen molar-refractivity contribution in [3.63, 3.8) is 0 Å². The SMILES string of the molecule is Cc1nc(Cc2ccccc2)nc(NN)c1C. The first kappa shape index (κ1) is 11.5. The summed E-state index contributed by atoms with van der Waals surface area (Å²) >= 11 is 0. The van der Waals surface area contributed by atoms with Crippen LogP contribution in [-0.2, 0) is 6.42 Å². The van der Waals surface area contributed by atoms with Crippen molar-refractivity contribution in [1.29, 1.82) is 0 Å². The maximum atomic E-state index is 5.44. The summed E-state index contributed by atoms with van der Waals surface area (Å²) in [7, 11) is 0. The lowest BCUT2D eigenvalue weighted by Gasteiger charge is -2.09. The fraction of sp³-hybridized carbons (Fsp3) is 0.231. The molecule has 17 heavy (non-hydrogen) atoms. The fourth-order valence-corrected chi connectivity index (χ4v) is 1.68. The summed E-state index contributed by atoms with van der Waals surface area (Å²) in [4.78, 5) is 8.87. The molecule has 0 bridgehead atoms. The first-order valence-electron chi connectivity index (χ1n) is 5.55. The first-order chi connectivity index (χ1) is 8.20. The van der Waals surface area contributed by atoms with E-state index in [9.17, 15) is 0 Å². The molecule has 0 atom stereocenters. The van der Waals surface area contributed by atoms with Crippen LogP contribution in [0.3, 0.4) is 0 Å². The van der Waals surface area contributed by atoms with Crippen LogP contribution < -0.4 is 11.3 Å². The molecule has 2 rings (SSSR count). The summed E-state index contributed by atoms with van der Waals surface area (Å²) in [6, 6.07) is 10.1. The third kappa shape index (κ3) is 2.60. The highest BCUT2D eigenvalue weighted by atomic mass is 15.3. The van der Waals surface area contributed by atoms with E-state index in [1.54, 1.807) is 0 Å². The number of benzene rings is 1. The fourth-order valence-electron chi connectivity index (χ4n) is 1.68. The van der Waals surface area contributed by atoms with Gasteiger partial charge in [-0.2, -0.15) is 0 Å². The molecule has 0 spiro atoms. The van der Waals surface area contributed by atoms with Gasteiger partial charge in [-0.3, -0.25) is 0 Å². The Morgan fingerprint density at radius 1 is 1.12 bits per heavy atom. The molecule has 88 valence electrons. The maximum Gasteiger partial charge on any atom is 0.146 e. The molecule has 4 nitrogen and oxygen atoms in total. The second-order valence-corrected chi connectivity index (χ2v) is 4.01. The zero-order chi connectivity index (χ0) is 12.3. The molecule has 1 heterocycles. The number of nitrogen functional groups attached to an aromatic ring is 1. The number of aryl methyl sites for hydroxylation is 1. The van der Waals surface area contributed by atoms with Gasteiger partial charge in [0.25, 0.3) is 0 Å². The predicted molar refractivity (Wildman–Crippen MR) is 68.6 cm³/mol. The van der Waals surface area contributed by atoms with Gasteiger partial charge in [0.2, 0.25) is 0 Å². The average molecular weight is 228 g/mol. The molecule has 1 aromatic carbocycles. The second-order valence-electron chi connectivity index (χ2n) is 4.01. The first-order valence-corrected chi connectivity index (χ1v) is 5.55. The number of nitrogens with two attached hydrogens (primary N) is 1. The number of hydrogen-bond donors (Lipinski definition) is 2. The molecule has 0 aliphatic carbocycles. The van der Waals surface area contributed by atoms with Crippen LogP contribution in [0.4, 0.5) is 5.82 Å². The highest BCUT2D eigenvalue weighted by Gasteiger charge is 2.07. The van der Waals surface area contributed by atoms with Crippen LogP contribution in [0.15, 0.2) is 30.3 Å². The highest BCUT2D eigenvalue weighted by Crippen LogP contribution is 2.15. The number of rotatable bonds is 3. The van der Waals surface area contributed by atoms with Crippen molar-refractivity contribution >= 4 is 5.82 Å². The number of nitrogens with one attached hydrogen (secondary N) is 1. The van der Waals surface area contributed by atoms with Crippen LogP contribution in [0.5, 0.6) is 0 Å². The minimum absolute atomic E-state index is 0.698. The quantitative estimate of drug-likeness (QED) is 0.622. The zero-order valence-corrected chi connectivity index (χ0v) is 10.1. The molecule has 0 saturated carbocycles. The molecular weight excluding hydrogens is 212 g/mol. The lowest BCUT2D eigenvalue weighted by molar-refractivity contribution is 0.925. The Kier molecular flexibility index (Phi) is 3.35. The molecule has 2 aromatic rings. The molecule has 0 aliphatic heterocycles. The minimum Gasteiger partial charge on any atom is -0.308 e. The van der Waals surface area contributed by atoms with Gasteiger partial charge in [-0.15, -0.1) is 0 Å². The number of aromatic nitrogens is 2. The average Bonchev–Trinajstić information content (AvgIpc) is 2.35. The van der Waals surface area contributed by atoms with Crippen molar-refractivity contribution in [2.75, 3.05) is 5.43 Å². The van der Waals surface area contributed by atoms with Crippen molar-refractivity contribution in [2.24, 2.45) is 5.84 Å². The molecule has 0 unspecified atom stereocenters. The standard InChI is InChI=1S/C13H16N4/c1-9-10(2)15-12(16-13(9)17-14)8-11-6-4-3-5-7-11/h3-7H,8,14H2,1-2H3,(H,15,16,17). The molecule has 3 N–H and O–H groups in total. The van der Waals surface area contributed by atoms with Gasteiger partial charge in [0.15, 0.2) is 0 Å². The van der Waals surface area contributed by atoms with Crippen molar-refractivity contribution < 1.29 is 0 Å². The molecule has 0 aliphatic rings. The van der Waals surface area contributed by atoms with E-state index in [1.807, 2.05) is 32.0 Å². The summed E-state index contributed by atoms with van der Waals surface area (Å²) < 4.78 is 0. The Morgan fingerprint density at radius 3 is 2.47 bits per heavy atom. The zero-order valence-electron chi connectivity index (χ0n) is 10.1. The largest absolute Gasteiger partial charge is 0.308 e. The normalized spacial score (nSPS) is 10.3. The number of nitrogens with zero attached hydrogens (tertiary/aromatic N) is 2. The van der Waals surface area contributed by atoms with Crippen LogP contribution in [-0.4, -0.2) is 9.97 Å². The summed E-state index contributed by atoms with van der Waals surface area (Å²) in [5.41, 5.74) is 5.75. The van der Waals surface area contributed by atoms with Gasteiger partial charge in [-0.05, 0) is 19.4 Å². The van der Waals surface area contributed by atoms with Gasteiger partial charge in [-0.1, -0.05) is 30.3 Å². The summed E-state index contributed by atoms with van der Waals surface area (Å²) in [6.07, 6.45) is 0.719. The molecule has 0 radical (unpaired) electrons. The van der Waals surface area contributed by atoms with Gasteiger partial charge >= 0.3 is 0 Å². The van der Waals surface area contributed by atoms with E-state index in [-0.39, 0.29) is 0 Å². The predicted octanol–water partition coefficient (Wildman–Crippen LogP) is 1.97. The van der Waals surface area contributed by atoms with E-state index in [0.29, 0.717) is 5.82 Å². The third-order valence-electron chi connectivity index (χ3n) is 2.78. The Labute approximate surface area is 101 Å². The second kappa shape index (κ2) is 4.93. The van der Waals surface area contributed by atoms with Crippen molar-refractivity contribution in [2.45, 2.75) is 20.3 Å². The topological polar surface area (TPSA) is 63.8 Å². The highest BCUT2D eigenvalue weighted by molar-refractivity contribution is 5.44. The third-order valence-corrected chi connectivity index (χ3v) is 2.78. The van der Waals surface area contributed by atoms with Crippen LogP contribution >= 0.6 is 0 Å². The van der Waals surface area contributed by atoms with Crippen LogP contribution in [0.2, 0.25) is 0 Å². The van der Waals surface area contributed by atoms with E-state index < -0.39 is 0 Å². The van der Waals surface area contributed by atoms with Crippen molar-refractivity contribution in [3.05, 3.63) is 53.0 Å². The lowest BCUT2D eigenvalue weighted by atomic mass is 10.1. The van der Waals surface area contributed by atoms with E-state index in [4.69, 9.17) is 5.84 Å². The maximum absolute atomic E-state index is 5.44. The molecule has 1 aromatic heterocycles. The summed E-state index contributed by atoms with van der Waals surface area (Å²) in [5, 5.41) is 0. The minimum atomic E-state index is 0.698. The van der Waals surface area contributed by atoms with Crippen molar-refractivity contribution in [3.8, 4) is 0 Å². The summed E-state index contributed by atoms with van der Waals surface area (Å²) in [5.74, 6) is 6.92. The van der Waals surface area contributed by atoms with Crippen LogP contribution in [0, 0.1) is 13.8 Å². The Bertz CT molecular complexity index is 508. The van der Waals surface area contributed by atoms with Gasteiger partial charge in [-0.25, -0.2) is 15.8 Å². The Morgan fingerprint density at radius 2 is 1.82 bits per heavy atom. The van der Waals surface area contributed by atoms with Gasteiger partial charge in [0.05, 0.1) is 0 Å². The monoisotopic (exact) mass is 228 g/mol. The molecule has 0 saturated heterocycles. The number of hydrogen-bond acceptors (Lipinski definition) is 4. The molecule has 0 fully saturated rings. The molecular formula is C13H16N4. The number of anilines is 1.